The van der Waals surface area contributed by atoms with E-state index in [9.17, 15) is 4.79 Å². The molecule has 0 atom stereocenters. The van der Waals surface area contributed by atoms with Gasteiger partial charge in [0.25, 0.3) is 5.91 Å². The van der Waals surface area contributed by atoms with Gasteiger partial charge in [0.1, 0.15) is 5.69 Å². The summed E-state index contributed by atoms with van der Waals surface area (Å²) in [7, 11) is 0. The van der Waals surface area contributed by atoms with Gasteiger partial charge in [-0.3, -0.25) is 4.79 Å². The molecule has 1 aromatic carbocycles. The molecule has 4 nitrogen and oxygen atoms in total. The minimum Gasteiger partial charge on any atom is -0.353 e. The first-order chi connectivity index (χ1) is 11.1. The molecule has 0 spiro atoms. The standard InChI is InChI=1S/C17H19Cl2N3O/c1-2-3-4-9-20-17(23)16-8-6-13(11-21-16)22-15-7-5-12(18)10-14(15)19/h5-8,10-11,22H,2-4,9H2,1H3,(H,20,23). The summed E-state index contributed by atoms with van der Waals surface area (Å²) in [5.41, 5.74) is 1.88. The Balaban J connectivity index is 1.95. The maximum atomic E-state index is 11.9. The second-order valence-electron chi connectivity index (χ2n) is 5.14. The van der Waals surface area contributed by atoms with Crippen molar-refractivity contribution < 1.29 is 4.79 Å². The molecular formula is C17H19Cl2N3O. The van der Waals surface area contributed by atoms with E-state index in [0.717, 1.165) is 30.6 Å². The SMILES string of the molecule is CCCCCNC(=O)c1ccc(Nc2ccc(Cl)cc2Cl)cn1. The second kappa shape index (κ2) is 8.75. The summed E-state index contributed by atoms with van der Waals surface area (Å²) >= 11 is 12.0. The van der Waals surface area contributed by atoms with Crippen LogP contribution in [0.3, 0.4) is 0 Å². The average molecular weight is 352 g/mol. The lowest BCUT2D eigenvalue weighted by Crippen LogP contribution is -2.25. The summed E-state index contributed by atoms with van der Waals surface area (Å²) in [4.78, 5) is 16.1. The van der Waals surface area contributed by atoms with Crippen LogP contribution in [0.2, 0.25) is 10.0 Å². The van der Waals surface area contributed by atoms with E-state index >= 15 is 0 Å². The second-order valence-corrected chi connectivity index (χ2v) is 5.99. The predicted molar refractivity (Wildman–Crippen MR) is 95.8 cm³/mol. The molecule has 6 heteroatoms. The van der Waals surface area contributed by atoms with Gasteiger partial charge in [-0.1, -0.05) is 43.0 Å². The van der Waals surface area contributed by atoms with Gasteiger partial charge in [0.05, 0.1) is 22.6 Å². The third kappa shape index (κ3) is 5.41. The maximum Gasteiger partial charge on any atom is 0.269 e. The van der Waals surface area contributed by atoms with Crippen molar-refractivity contribution in [3.8, 4) is 0 Å². The highest BCUT2D eigenvalue weighted by molar-refractivity contribution is 6.36. The highest BCUT2D eigenvalue weighted by atomic mass is 35.5. The minimum atomic E-state index is -0.155. The predicted octanol–water partition coefficient (Wildman–Crippen LogP) is 5.05. The summed E-state index contributed by atoms with van der Waals surface area (Å²) in [6, 6.07) is 8.68. The molecule has 0 aliphatic heterocycles. The number of carbonyl (C=O) groups excluding carboxylic acids is 1. The van der Waals surface area contributed by atoms with E-state index in [1.54, 1.807) is 36.5 Å². The van der Waals surface area contributed by atoms with Gasteiger partial charge in [-0.2, -0.15) is 0 Å². The van der Waals surface area contributed by atoms with E-state index in [0.29, 0.717) is 22.3 Å². The molecule has 0 aliphatic rings. The summed E-state index contributed by atoms with van der Waals surface area (Å²) in [6.07, 6.45) is 4.82. The number of nitrogens with one attached hydrogen (secondary N) is 2. The fraction of sp³-hybridized carbons (Fsp3) is 0.294. The highest BCUT2D eigenvalue weighted by Gasteiger charge is 2.07. The maximum absolute atomic E-state index is 11.9. The molecule has 23 heavy (non-hydrogen) atoms. The third-order valence-electron chi connectivity index (χ3n) is 3.27. The Hall–Kier alpha value is -1.78. The Morgan fingerprint density at radius 2 is 2.00 bits per heavy atom. The largest absolute Gasteiger partial charge is 0.353 e. The topological polar surface area (TPSA) is 54.0 Å². The lowest BCUT2D eigenvalue weighted by Gasteiger charge is -2.09. The first-order valence-corrected chi connectivity index (χ1v) is 8.32. The van der Waals surface area contributed by atoms with E-state index < -0.39 is 0 Å². The molecule has 2 N–H and O–H groups in total. The van der Waals surface area contributed by atoms with Crippen molar-refractivity contribution in [2.45, 2.75) is 26.2 Å². The van der Waals surface area contributed by atoms with Crippen molar-refractivity contribution in [2.75, 3.05) is 11.9 Å². The van der Waals surface area contributed by atoms with Crippen LogP contribution in [0.5, 0.6) is 0 Å². The number of nitrogens with zero attached hydrogens (tertiary/aromatic N) is 1. The van der Waals surface area contributed by atoms with Crippen LogP contribution in [0.15, 0.2) is 36.5 Å². The Labute approximate surface area is 146 Å². The molecule has 2 rings (SSSR count). The smallest absolute Gasteiger partial charge is 0.269 e. The number of carbonyl (C=O) groups is 1. The Morgan fingerprint density at radius 3 is 2.65 bits per heavy atom. The zero-order valence-electron chi connectivity index (χ0n) is 12.9. The summed E-state index contributed by atoms with van der Waals surface area (Å²) < 4.78 is 0. The van der Waals surface area contributed by atoms with Crippen molar-refractivity contribution >= 4 is 40.5 Å². The number of unbranched alkanes of at least 4 members (excludes halogenated alkanes) is 2. The lowest BCUT2D eigenvalue weighted by atomic mass is 10.2. The number of aromatic nitrogens is 1. The Kier molecular flexibility index (Phi) is 6.68. The number of hydrogen-bond acceptors (Lipinski definition) is 3. The molecule has 122 valence electrons. The molecule has 0 radical (unpaired) electrons. The number of halogens is 2. The average Bonchev–Trinajstić information content (AvgIpc) is 2.55. The number of benzene rings is 1. The molecular weight excluding hydrogens is 333 g/mol. The van der Waals surface area contributed by atoms with Crippen molar-refractivity contribution in [1.29, 1.82) is 0 Å². The van der Waals surface area contributed by atoms with Crippen LogP contribution < -0.4 is 10.6 Å². The van der Waals surface area contributed by atoms with Crippen molar-refractivity contribution in [3.63, 3.8) is 0 Å². The monoisotopic (exact) mass is 351 g/mol. The van der Waals surface area contributed by atoms with E-state index in [4.69, 9.17) is 23.2 Å². The van der Waals surface area contributed by atoms with E-state index in [-0.39, 0.29) is 5.91 Å². The van der Waals surface area contributed by atoms with Gasteiger partial charge in [-0.15, -0.1) is 0 Å². The molecule has 0 bridgehead atoms. The van der Waals surface area contributed by atoms with E-state index in [1.165, 1.54) is 0 Å². The molecule has 0 unspecified atom stereocenters. The summed E-state index contributed by atoms with van der Waals surface area (Å²) in [5.74, 6) is -0.155. The molecule has 1 aromatic heterocycles. The number of amides is 1. The van der Waals surface area contributed by atoms with Crippen LogP contribution in [0.25, 0.3) is 0 Å². The van der Waals surface area contributed by atoms with E-state index in [1.807, 2.05) is 0 Å². The summed E-state index contributed by atoms with van der Waals surface area (Å²) in [6.45, 7) is 2.80. The van der Waals surface area contributed by atoms with Crippen LogP contribution >= 0.6 is 23.2 Å². The first kappa shape index (κ1) is 17.6. The summed E-state index contributed by atoms with van der Waals surface area (Å²) in [5, 5.41) is 7.10. The van der Waals surface area contributed by atoms with Crippen molar-refractivity contribution in [2.24, 2.45) is 0 Å². The number of anilines is 2. The molecule has 0 saturated carbocycles. The Bertz CT molecular complexity index is 659. The van der Waals surface area contributed by atoms with Crippen LogP contribution in [-0.4, -0.2) is 17.4 Å². The first-order valence-electron chi connectivity index (χ1n) is 7.56. The molecule has 0 aliphatic carbocycles. The highest BCUT2D eigenvalue weighted by Crippen LogP contribution is 2.27. The van der Waals surface area contributed by atoms with Crippen molar-refractivity contribution in [1.82, 2.24) is 10.3 Å². The molecule has 1 amide bonds. The molecule has 2 aromatic rings. The quantitative estimate of drug-likeness (QED) is 0.686. The Morgan fingerprint density at radius 1 is 1.17 bits per heavy atom. The van der Waals surface area contributed by atoms with Gasteiger partial charge in [-0.05, 0) is 36.8 Å². The molecule has 1 heterocycles. The number of hydrogen-bond donors (Lipinski definition) is 2. The van der Waals surface area contributed by atoms with Gasteiger partial charge in [0.15, 0.2) is 0 Å². The van der Waals surface area contributed by atoms with Crippen LogP contribution in [0.1, 0.15) is 36.7 Å². The third-order valence-corrected chi connectivity index (χ3v) is 3.82. The number of rotatable bonds is 7. The van der Waals surface area contributed by atoms with Gasteiger partial charge in [0, 0.05) is 11.6 Å². The van der Waals surface area contributed by atoms with Crippen LogP contribution in [0, 0.1) is 0 Å². The molecule has 0 saturated heterocycles. The van der Waals surface area contributed by atoms with Gasteiger partial charge in [0.2, 0.25) is 0 Å². The zero-order valence-corrected chi connectivity index (χ0v) is 14.4. The van der Waals surface area contributed by atoms with Crippen LogP contribution in [-0.2, 0) is 0 Å². The number of pyridine rings is 1. The van der Waals surface area contributed by atoms with E-state index in [2.05, 4.69) is 22.5 Å². The normalized spacial score (nSPS) is 10.4. The molecule has 0 fully saturated rings. The minimum absolute atomic E-state index is 0.155. The fourth-order valence-electron chi connectivity index (χ4n) is 2.02. The van der Waals surface area contributed by atoms with Gasteiger partial charge >= 0.3 is 0 Å². The van der Waals surface area contributed by atoms with Crippen molar-refractivity contribution in [3.05, 3.63) is 52.3 Å². The van der Waals surface area contributed by atoms with Gasteiger partial charge in [-0.25, -0.2) is 4.98 Å². The lowest BCUT2D eigenvalue weighted by molar-refractivity contribution is 0.0948. The fourth-order valence-corrected chi connectivity index (χ4v) is 2.47. The van der Waals surface area contributed by atoms with Gasteiger partial charge < -0.3 is 10.6 Å². The van der Waals surface area contributed by atoms with Crippen LogP contribution in [0.4, 0.5) is 11.4 Å². The zero-order chi connectivity index (χ0) is 16.7.